The van der Waals surface area contributed by atoms with Gasteiger partial charge in [0.15, 0.2) is 6.61 Å². The first-order valence-electron chi connectivity index (χ1n) is 8.30. The Balaban J connectivity index is 1.85. The topological polar surface area (TPSA) is 63.2 Å². The van der Waals surface area contributed by atoms with Crippen molar-refractivity contribution in [3.63, 3.8) is 0 Å². The summed E-state index contributed by atoms with van der Waals surface area (Å²) in [7, 11) is 0. The molecule has 0 spiro atoms. The van der Waals surface area contributed by atoms with Crippen LogP contribution in [0.5, 0.6) is 5.88 Å². The summed E-state index contributed by atoms with van der Waals surface area (Å²) >= 11 is 0. The Labute approximate surface area is 162 Å². The lowest BCUT2D eigenvalue weighted by atomic mass is 10.1. The molecule has 1 unspecified atom stereocenters. The molecule has 1 aromatic carbocycles. The van der Waals surface area contributed by atoms with Gasteiger partial charge < -0.3 is 15.4 Å². The zero-order chi connectivity index (χ0) is 21.7. The lowest BCUT2D eigenvalue weighted by Gasteiger charge is -2.17. The molecule has 0 fully saturated rings. The van der Waals surface area contributed by atoms with E-state index in [9.17, 15) is 31.1 Å². The summed E-state index contributed by atoms with van der Waals surface area (Å²) < 4.78 is 79.0. The Kier molecular flexibility index (Phi) is 6.93. The molecule has 1 atom stereocenters. The lowest BCUT2D eigenvalue weighted by Crippen LogP contribution is -2.36. The van der Waals surface area contributed by atoms with Crippen LogP contribution in [0.15, 0.2) is 42.6 Å². The van der Waals surface area contributed by atoms with Gasteiger partial charge in [0.2, 0.25) is 5.88 Å². The van der Waals surface area contributed by atoms with Crippen molar-refractivity contribution in [3.05, 3.63) is 59.3 Å². The highest BCUT2D eigenvalue weighted by Gasteiger charge is 2.31. The highest BCUT2D eigenvalue weighted by atomic mass is 19.4. The standard InChI is InChI=1S/C18H17F6N3O2/c1-11(13-3-2-4-14(7-13)18(22,23)24)27-16(28)26-9-12-5-6-15(25-8-12)29-10-17(19,20)21/h2-8,11H,9-10H2,1H3,(H2,26,27,28). The van der Waals surface area contributed by atoms with E-state index in [2.05, 4.69) is 20.4 Å². The van der Waals surface area contributed by atoms with Gasteiger partial charge >= 0.3 is 18.4 Å². The lowest BCUT2D eigenvalue weighted by molar-refractivity contribution is -0.154. The fourth-order valence-corrected chi connectivity index (χ4v) is 2.25. The molecule has 0 saturated heterocycles. The number of amides is 2. The maximum atomic E-state index is 12.8. The molecule has 1 heterocycles. The minimum atomic E-state index is -4.49. The first kappa shape index (κ1) is 22.3. The van der Waals surface area contributed by atoms with Crippen molar-refractivity contribution in [1.29, 1.82) is 0 Å². The second-order valence-electron chi connectivity index (χ2n) is 6.08. The van der Waals surface area contributed by atoms with Crippen LogP contribution in [0, 0.1) is 0 Å². The first-order chi connectivity index (χ1) is 13.4. The summed E-state index contributed by atoms with van der Waals surface area (Å²) in [4.78, 5) is 15.6. The number of alkyl halides is 6. The fourth-order valence-electron chi connectivity index (χ4n) is 2.25. The van der Waals surface area contributed by atoms with Crippen LogP contribution in [0.1, 0.15) is 29.7 Å². The SMILES string of the molecule is CC(NC(=O)NCc1ccc(OCC(F)(F)F)nc1)c1cccc(C(F)(F)F)c1. The minimum Gasteiger partial charge on any atom is -0.468 e. The number of carbonyl (C=O) groups excluding carboxylic acids is 1. The van der Waals surface area contributed by atoms with E-state index in [0.717, 1.165) is 12.1 Å². The predicted molar refractivity (Wildman–Crippen MR) is 91.0 cm³/mol. The number of rotatable bonds is 6. The van der Waals surface area contributed by atoms with Gasteiger partial charge in [0, 0.05) is 18.8 Å². The fraction of sp³-hybridized carbons (Fsp3) is 0.333. The van der Waals surface area contributed by atoms with Gasteiger partial charge in [-0.3, -0.25) is 0 Å². The first-order valence-corrected chi connectivity index (χ1v) is 8.30. The van der Waals surface area contributed by atoms with Crippen molar-refractivity contribution in [2.24, 2.45) is 0 Å². The second-order valence-corrected chi connectivity index (χ2v) is 6.08. The van der Waals surface area contributed by atoms with Crippen molar-refractivity contribution in [2.75, 3.05) is 6.61 Å². The number of carbonyl (C=O) groups is 1. The smallest absolute Gasteiger partial charge is 0.422 e. The number of nitrogens with one attached hydrogen (secondary N) is 2. The number of halogens is 6. The number of pyridine rings is 1. The Morgan fingerprint density at radius 3 is 2.45 bits per heavy atom. The molecule has 29 heavy (non-hydrogen) atoms. The molecule has 0 saturated carbocycles. The highest BCUT2D eigenvalue weighted by molar-refractivity contribution is 5.74. The van der Waals surface area contributed by atoms with Gasteiger partial charge in [0.05, 0.1) is 11.6 Å². The third-order valence-corrected chi connectivity index (χ3v) is 3.70. The van der Waals surface area contributed by atoms with E-state index >= 15 is 0 Å². The van der Waals surface area contributed by atoms with Crippen molar-refractivity contribution >= 4 is 6.03 Å². The summed E-state index contributed by atoms with van der Waals surface area (Å²) in [5.41, 5.74) is -0.0444. The third kappa shape index (κ3) is 7.51. The Bertz CT molecular complexity index is 822. The molecule has 0 aliphatic carbocycles. The van der Waals surface area contributed by atoms with E-state index in [0.29, 0.717) is 5.56 Å². The van der Waals surface area contributed by atoms with E-state index < -0.39 is 36.6 Å². The summed E-state index contributed by atoms with van der Waals surface area (Å²) in [6.45, 7) is 0.0739. The number of aromatic nitrogens is 1. The molecule has 2 amide bonds. The van der Waals surface area contributed by atoms with Gasteiger partial charge in [-0.2, -0.15) is 26.3 Å². The molecular formula is C18H17F6N3O2. The van der Waals surface area contributed by atoms with Gasteiger partial charge in [-0.15, -0.1) is 0 Å². The molecule has 0 radical (unpaired) electrons. The van der Waals surface area contributed by atoms with E-state index in [1.54, 1.807) is 0 Å². The van der Waals surface area contributed by atoms with E-state index in [1.165, 1.54) is 37.4 Å². The van der Waals surface area contributed by atoms with Crippen LogP contribution in [-0.2, 0) is 12.7 Å². The van der Waals surface area contributed by atoms with Crippen LogP contribution in [0.25, 0.3) is 0 Å². The van der Waals surface area contributed by atoms with Crippen molar-refractivity contribution in [2.45, 2.75) is 31.9 Å². The molecule has 0 aliphatic rings. The second kappa shape index (κ2) is 9.01. The van der Waals surface area contributed by atoms with Gasteiger partial charge in [-0.1, -0.05) is 18.2 Å². The number of nitrogens with zero attached hydrogens (tertiary/aromatic N) is 1. The zero-order valence-electron chi connectivity index (χ0n) is 15.1. The van der Waals surface area contributed by atoms with Gasteiger partial charge in [0.25, 0.3) is 0 Å². The summed E-state index contributed by atoms with van der Waals surface area (Å²) in [5.74, 6) is -0.214. The van der Waals surface area contributed by atoms with Crippen LogP contribution < -0.4 is 15.4 Å². The van der Waals surface area contributed by atoms with Gasteiger partial charge in [-0.05, 0) is 30.2 Å². The minimum absolute atomic E-state index is 0.00763. The number of ether oxygens (including phenoxy) is 1. The highest BCUT2D eigenvalue weighted by Crippen LogP contribution is 2.30. The van der Waals surface area contributed by atoms with Crippen molar-refractivity contribution in [1.82, 2.24) is 15.6 Å². The molecule has 2 rings (SSSR count). The molecule has 0 bridgehead atoms. The maximum Gasteiger partial charge on any atom is 0.422 e. The molecule has 158 valence electrons. The van der Waals surface area contributed by atoms with E-state index in [1.807, 2.05) is 0 Å². The van der Waals surface area contributed by atoms with Crippen LogP contribution >= 0.6 is 0 Å². The van der Waals surface area contributed by atoms with E-state index in [-0.39, 0.29) is 18.0 Å². The summed E-state index contributed by atoms with van der Waals surface area (Å²) in [6.07, 6.45) is -7.72. The number of hydrogen-bond acceptors (Lipinski definition) is 3. The number of benzene rings is 1. The number of hydrogen-bond donors (Lipinski definition) is 2. The van der Waals surface area contributed by atoms with Crippen LogP contribution in [0.3, 0.4) is 0 Å². The predicted octanol–water partition coefficient (Wildman–Crippen LogP) is 4.60. The van der Waals surface area contributed by atoms with Crippen LogP contribution in [0.4, 0.5) is 31.1 Å². The van der Waals surface area contributed by atoms with Crippen molar-refractivity contribution in [3.8, 4) is 5.88 Å². The molecule has 0 aliphatic heterocycles. The molecule has 2 N–H and O–H groups in total. The zero-order valence-corrected chi connectivity index (χ0v) is 15.1. The van der Waals surface area contributed by atoms with Crippen LogP contribution in [-0.4, -0.2) is 23.8 Å². The largest absolute Gasteiger partial charge is 0.468 e. The Morgan fingerprint density at radius 1 is 1.14 bits per heavy atom. The quantitative estimate of drug-likeness (QED) is 0.670. The Morgan fingerprint density at radius 2 is 1.86 bits per heavy atom. The molecular weight excluding hydrogens is 404 g/mol. The summed E-state index contributed by atoms with van der Waals surface area (Å²) in [6, 6.07) is 5.94. The molecule has 5 nitrogen and oxygen atoms in total. The number of urea groups is 1. The average Bonchev–Trinajstić information content (AvgIpc) is 2.64. The van der Waals surface area contributed by atoms with Gasteiger partial charge in [0.1, 0.15) is 0 Å². The third-order valence-electron chi connectivity index (χ3n) is 3.70. The molecule has 2 aromatic rings. The summed E-state index contributed by atoms with van der Waals surface area (Å²) in [5, 5.41) is 4.99. The van der Waals surface area contributed by atoms with Crippen LogP contribution in [0.2, 0.25) is 0 Å². The maximum absolute atomic E-state index is 12.8. The molecule has 11 heteroatoms. The molecule has 1 aromatic heterocycles. The Hall–Kier alpha value is -2.98. The van der Waals surface area contributed by atoms with Gasteiger partial charge in [-0.25, -0.2) is 9.78 Å². The van der Waals surface area contributed by atoms with E-state index in [4.69, 9.17) is 0 Å². The van der Waals surface area contributed by atoms with Crippen molar-refractivity contribution < 1.29 is 35.9 Å². The normalized spacial score (nSPS) is 12.9. The average molecular weight is 421 g/mol. The monoisotopic (exact) mass is 421 g/mol.